The van der Waals surface area contributed by atoms with Crippen molar-refractivity contribution >= 4 is 23.3 Å². The van der Waals surface area contributed by atoms with Crippen molar-refractivity contribution in [2.45, 2.75) is 13.0 Å². The van der Waals surface area contributed by atoms with Crippen LogP contribution in [0.15, 0.2) is 48.5 Å². The van der Waals surface area contributed by atoms with Crippen LogP contribution in [0.2, 0.25) is 0 Å². The highest BCUT2D eigenvalue weighted by atomic mass is 19.3. The van der Waals surface area contributed by atoms with Crippen molar-refractivity contribution in [3.05, 3.63) is 54.1 Å². The Morgan fingerprint density at radius 2 is 1.68 bits per heavy atom. The lowest BCUT2D eigenvalue weighted by molar-refractivity contribution is -0.115. The number of hydrogen-bond donors (Lipinski definition) is 3. The first kappa shape index (κ1) is 18.2. The Kier molecular flexibility index (Phi) is 6.27. The third kappa shape index (κ3) is 6.09. The summed E-state index contributed by atoms with van der Waals surface area (Å²) in [6.45, 7) is -2.88. The second-order valence-electron chi connectivity index (χ2n) is 5.03. The predicted octanol–water partition coefficient (Wildman–Crippen LogP) is 3.22. The number of urea groups is 1. The van der Waals surface area contributed by atoms with Crippen LogP contribution in [0.25, 0.3) is 0 Å². The summed E-state index contributed by atoms with van der Waals surface area (Å²) in [5.41, 5.74) is 1.71. The number of ether oxygens (including phenoxy) is 1. The minimum Gasteiger partial charge on any atom is -0.435 e. The molecule has 0 aromatic heterocycles. The molecule has 25 heavy (non-hydrogen) atoms. The van der Waals surface area contributed by atoms with Crippen LogP contribution in [0.1, 0.15) is 5.56 Å². The van der Waals surface area contributed by atoms with E-state index in [0.717, 1.165) is 0 Å². The number of benzene rings is 2. The molecular weight excluding hydrogens is 332 g/mol. The van der Waals surface area contributed by atoms with E-state index in [9.17, 15) is 18.4 Å². The molecule has 0 saturated carbocycles. The second kappa shape index (κ2) is 8.62. The third-order valence-electron chi connectivity index (χ3n) is 3.14. The first-order chi connectivity index (χ1) is 12.0. The van der Waals surface area contributed by atoms with E-state index >= 15 is 0 Å². The molecule has 0 saturated heterocycles. The third-order valence-corrected chi connectivity index (χ3v) is 3.14. The molecule has 2 rings (SSSR count). The molecule has 0 aliphatic heterocycles. The van der Waals surface area contributed by atoms with Gasteiger partial charge in [0, 0.05) is 18.4 Å². The summed E-state index contributed by atoms with van der Waals surface area (Å²) >= 11 is 0. The smallest absolute Gasteiger partial charge is 0.387 e. The van der Waals surface area contributed by atoms with Crippen LogP contribution in [0, 0.1) is 0 Å². The van der Waals surface area contributed by atoms with Gasteiger partial charge in [-0.15, -0.1) is 0 Å². The van der Waals surface area contributed by atoms with E-state index in [1.165, 1.54) is 19.2 Å². The number of carbonyl (C=O) groups is 2. The zero-order valence-corrected chi connectivity index (χ0v) is 13.4. The van der Waals surface area contributed by atoms with Gasteiger partial charge < -0.3 is 20.7 Å². The molecule has 0 heterocycles. The van der Waals surface area contributed by atoms with Crippen LogP contribution in [0.5, 0.6) is 5.75 Å². The van der Waals surface area contributed by atoms with Crippen LogP contribution >= 0.6 is 0 Å². The lowest BCUT2D eigenvalue weighted by atomic mass is 10.1. The minimum absolute atomic E-state index is 0.0344. The number of hydrogen-bond acceptors (Lipinski definition) is 3. The number of rotatable bonds is 6. The zero-order chi connectivity index (χ0) is 18.2. The quantitative estimate of drug-likeness (QED) is 0.749. The van der Waals surface area contributed by atoms with Gasteiger partial charge >= 0.3 is 12.6 Å². The number of carbonyl (C=O) groups excluding carboxylic acids is 2. The molecule has 0 fully saturated rings. The summed E-state index contributed by atoms with van der Waals surface area (Å²) in [4.78, 5) is 23.4. The van der Waals surface area contributed by atoms with Gasteiger partial charge in [0.2, 0.25) is 5.91 Å². The van der Waals surface area contributed by atoms with E-state index in [-0.39, 0.29) is 24.1 Å². The molecule has 0 spiro atoms. The fourth-order valence-electron chi connectivity index (χ4n) is 2.05. The van der Waals surface area contributed by atoms with Gasteiger partial charge in [-0.2, -0.15) is 8.78 Å². The van der Waals surface area contributed by atoms with Crippen molar-refractivity contribution in [2.75, 3.05) is 17.7 Å². The molecule has 3 amide bonds. The van der Waals surface area contributed by atoms with Crippen LogP contribution < -0.4 is 20.7 Å². The highest BCUT2D eigenvalue weighted by molar-refractivity contribution is 5.94. The molecule has 0 atom stereocenters. The molecule has 132 valence electrons. The predicted molar refractivity (Wildman–Crippen MR) is 89.9 cm³/mol. The molecular formula is C17H17F2N3O3. The number of alkyl halides is 2. The van der Waals surface area contributed by atoms with Gasteiger partial charge in [0.15, 0.2) is 0 Å². The van der Waals surface area contributed by atoms with Gasteiger partial charge in [-0.1, -0.05) is 18.2 Å². The first-order valence-corrected chi connectivity index (χ1v) is 7.38. The van der Waals surface area contributed by atoms with Gasteiger partial charge in [0.1, 0.15) is 5.75 Å². The van der Waals surface area contributed by atoms with Crippen molar-refractivity contribution in [1.82, 2.24) is 5.32 Å². The SMILES string of the molecule is CNC(=O)Nc1cccc(NC(=O)Cc2ccc(OC(F)F)cc2)c1. The molecule has 8 heteroatoms. The lowest BCUT2D eigenvalue weighted by Crippen LogP contribution is -2.24. The Labute approximate surface area is 143 Å². The van der Waals surface area contributed by atoms with Gasteiger partial charge in [-0.25, -0.2) is 4.79 Å². The average Bonchev–Trinajstić information content (AvgIpc) is 2.56. The summed E-state index contributed by atoms with van der Waals surface area (Å²) in [6.07, 6.45) is 0.0715. The molecule has 6 nitrogen and oxygen atoms in total. The average molecular weight is 349 g/mol. The Bertz CT molecular complexity index is 736. The van der Waals surface area contributed by atoms with E-state index in [1.807, 2.05) is 0 Å². The molecule has 3 N–H and O–H groups in total. The van der Waals surface area contributed by atoms with Crippen LogP contribution in [-0.4, -0.2) is 25.6 Å². The first-order valence-electron chi connectivity index (χ1n) is 7.38. The van der Waals surface area contributed by atoms with Crippen molar-refractivity contribution < 1.29 is 23.1 Å². The zero-order valence-electron chi connectivity index (χ0n) is 13.4. The molecule has 2 aromatic rings. The van der Waals surface area contributed by atoms with Crippen LogP contribution in [0.3, 0.4) is 0 Å². The number of nitrogens with one attached hydrogen (secondary N) is 3. The second-order valence-corrected chi connectivity index (χ2v) is 5.03. The standard InChI is InChI=1S/C17H17F2N3O3/c1-20-17(24)22-13-4-2-3-12(10-13)21-15(23)9-11-5-7-14(8-6-11)25-16(18)19/h2-8,10,16H,9H2,1H3,(H,21,23)(H2,20,22,24). The molecule has 0 aliphatic carbocycles. The fourth-order valence-corrected chi connectivity index (χ4v) is 2.05. The summed E-state index contributed by atoms with van der Waals surface area (Å²) in [6, 6.07) is 12.2. The maximum Gasteiger partial charge on any atom is 0.387 e. The normalized spacial score (nSPS) is 10.2. The number of amides is 3. The number of halogens is 2. The highest BCUT2D eigenvalue weighted by Gasteiger charge is 2.07. The van der Waals surface area contributed by atoms with E-state index in [2.05, 4.69) is 20.7 Å². The molecule has 0 aliphatic rings. The molecule has 0 radical (unpaired) electrons. The monoisotopic (exact) mass is 349 g/mol. The Balaban J connectivity index is 1.93. The fraction of sp³-hybridized carbons (Fsp3) is 0.176. The van der Waals surface area contributed by atoms with Gasteiger partial charge in [0.25, 0.3) is 0 Å². The maximum atomic E-state index is 12.1. The van der Waals surface area contributed by atoms with E-state index in [1.54, 1.807) is 36.4 Å². The van der Waals surface area contributed by atoms with Crippen LogP contribution in [-0.2, 0) is 11.2 Å². The lowest BCUT2D eigenvalue weighted by Gasteiger charge is -2.09. The largest absolute Gasteiger partial charge is 0.435 e. The summed E-state index contributed by atoms with van der Waals surface area (Å²) in [5.74, 6) is -0.244. The van der Waals surface area contributed by atoms with Crippen molar-refractivity contribution in [3.8, 4) is 5.75 Å². The van der Waals surface area contributed by atoms with Crippen molar-refractivity contribution in [2.24, 2.45) is 0 Å². The Hall–Kier alpha value is -3.16. The Morgan fingerprint density at radius 3 is 2.28 bits per heavy atom. The van der Waals surface area contributed by atoms with Gasteiger partial charge in [0.05, 0.1) is 6.42 Å². The van der Waals surface area contributed by atoms with E-state index < -0.39 is 6.61 Å². The highest BCUT2D eigenvalue weighted by Crippen LogP contribution is 2.17. The topological polar surface area (TPSA) is 79.5 Å². The Morgan fingerprint density at radius 1 is 1.04 bits per heavy atom. The van der Waals surface area contributed by atoms with Crippen molar-refractivity contribution in [1.29, 1.82) is 0 Å². The molecule has 0 unspecified atom stereocenters. The summed E-state index contributed by atoms with van der Waals surface area (Å²) in [5, 5.41) is 7.74. The summed E-state index contributed by atoms with van der Waals surface area (Å²) in [7, 11) is 1.50. The van der Waals surface area contributed by atoms with Crippen molar-refractivity contribution in [3.63, 3.8) is 0 Å². The number of anilines is 2. The maximum absolute atomic E-state index is 12.1. The van der Waals surface area contributed by atoms with E-state index in [0.29, 0.717) is 16.9 Å². The molecule has 2 aromatic carbocycles. The summed E-state index contributed by atoms with van der Waals surface area (Å²) < 4.78 is 28.4. The van der Waals surface area contributed by atoms with Crippen LogP contribution in [0.4, 0.5) is 25.0 Å². The van der Waals surface area contributed by atoms with E-state index in [4.69, 9.17) is 0 Å². The minimum atomic E-state index is -2.88. The van der Waals surface area contributed by atoms with Gasteiger partial charge in [-0.05, 0) is 35.9 Å². The van der Waals surface area contributed by atoms with Gasteiger partial charge in [-0.3, -0.25) is 4.79 Å². The molecule has 0 bridgehead atoms.